The lowest BCUT2D eigenvalue weighted by Gasteiger charge is -2.43. The molecule has 6 heteroatoms. The van der Waals surface area contributed by atoms with E-state index in [0.29, 0.717) is 19.5 Å². The molecule has 0 aromatic carbocycles. The highest BCUT2D eigenvalue weighted by Gasteiger charge is 2.40. The lowest BCUT2D eigenvalue weighted by molar-refractivity contribution is 0.124. The number of pyridine rings is 1. The fourth-order valence-corrected chi connectivity index (χ4v) is 4.76. The monoisotopic (exact) mass is 283 g/mol. The van der Waals surface area contributed by atoms with Crippen molar-refractivity contribution in [2.75, 3.05) is 25.1 Å². The molecular weight excluding hydrogens is 262 g/mol. The van der Waals surface area contributed by atoms with Gasteiger partial charge in [-0.15, -0.1) is 0 Å². The predicted molar refractivity (Wildman–Crippen MR) is 75.4 cm³/mol. The maximum absolute atomic E-state index is 11.9. The van der Waals surface area contributed by atoms with Gasteiger partial charge in [-0.1, -0.05) is 6.07 Å². The summed E-state index contributed by atoms with van der Waals surface area (Å²) >= 11 is 0. The first kappa shape index (κ1) is 14.4. The summed E-state index contributed by atoms with van der Waals surface area (Å²) in [5.74, 6) is 0.447. The summed E-state index contributed by atoms with van der Waals surface area (Å²) in [5, 5.41) is 0. The molecule has 106 valence electrons. The zero-order chi connectivity index (χ0) is 13.9. The van der Waals surface area contributed by atoms with Crippen molar-refractivity contribution in [3.63, 3.8) is 0 Å². The zero-order valence-electron chi connectivity index (χ0n) is 11.2. The second-order valence-corrected chi connectivity index (χ2v) is 7.53. The van der Waals surface area contributed by atoms with Crippen LogP contribution in [0.5, 0.6) is 0 Å². The molecule has 0 aliphatic carbocycles. The number of nitrogens with two attached hydrogens (primary N) is 1. The van der Waals surface area contributed by atoms with E-state index in [-0.39, 0.29) is 11.5 Å². The number of aromatic nitrogens is 1. The van der Waals surface area contributed by atoms with Crippen LogP contribution < -0.4 is 5.73 Å². The second kappa shape index (κ2) is 5.56. The Balaban J connectivity index is 2.17. The highest BCUT2D eigenvalue weighted by Crippen LogP contribution is 2.28. The van der Waals surface area contributed by atoms with Crippen molar-refractivity contribution in [3.8, 4) is 0 Å². The molecule has 1 unspecified atom stereocenters. The summed E-state index contributed by atoms with van der Waals surface area (Å²) in [7, 11) is -1.03. The summed E-state index contributed by atoms with van der Waals surface area (Å²) in [6, 6.07) is 3.88. The third kappa shape index (κ3) is 3.32. The number of rotatable bonds is 4. The van der Waals surface area contributed by atoms with E-state index in [0.717, 1.165) is 12.0 Å². The molecule has 2 rings (SSSR count). The lowest BCUT2D eigenvalue weighted by atomic mass is 9.93. The Labute approximate surface area is 114 Å². The van der Waals surface area contributed by atoms with E-state index < -0.39 is 15.4 Å². The first-order valence-corrected chi connectivity index (χ1v) is 8.30. The van der Waals surface area contributed by atoms with Gasteiger partial charge >= 0.3 is 0 Å². The Bertz CT molecular complexity index is 518. The summed E-state index contributed by atoms with van der Waals surface area (Å²) in [5.41, 5.74) is 6.52. The first-order chi connectivity index (χ1) is 8.97. The van der Waals surface area contributed by atoms with Crippen molar-refractivity contribution < 1.29 is 8.42 Å². The van der Waals surface area contributed by atoms with Gasteiger partial charge in [-0.25, -0.2) is 8.42 Å². The van der Waals surface area contributed by atoms with Crippen LogP contribution in [0.2, 0.25) is 0 Å². The summed E-state index contributed by atoms with van der Waals surface area (Å²) in [4.78, 5) is 6.15. The Hall–Kier alpha value is -0.980. The van der Waals surface area contributed by atoms with Gasteiger partial charge in [-0.3, -0.25) is 9.88 Å². The van der Waals surface area contributed by atoms with Crippen molar-refractivity contribution in [3.05, 3.63) is 30.1 Å². The molecule has 0 spiro atoms. The maximum atomic E-state index is 11.9. The van der Waals surface area contributed by atoms with Crippen LogP contribution >= 0.6 is 0 Å². The fourth-order valence-electron chi connectivity index (χ4n) is 2.73. The van der Waals surface area contributed by atoms with E-state index in [9.17, 15) is 8.42 Å². The third-order valence-corrected chi connectivity index (χ3v) is 5.81. The van der Waals surface area contributed by atoms with Crippen molar-refractivity contribution in [2.24, 2.45) is 5.73 Å². The van der Waals surface area contributed by atoms with Gasteiger partial charge in [0.15, 0.2) is 9.84 Å². The molecular formula is C13H21N3O2S. The largest absolute Gasteiger partial charge is 0.329 e. The van der Waals surface area contributed by atoms with E-state index in [1.165, 1.54) is 0 Å². The Morgan fingerprint density at radius 3 is 2.89 bits per heavy atom. The molecule has 0 amide bonds. The minimum Gasteiger partial charge on any atom is -0.329 e. The van der Waals surface area contributed by atoms with Crippen molar-refractivity contribution in [1.29, 1.82) is 0 Å². The normalized spacial score (nSPS) is 26.5. The highest BCUT2D eigenvalue weighted by atomic mass is 32.2. The van der Waals surface area contributed by atoms with E-state index >= 15 is 0 Å². The van der Waals surface area contributed by atoms with Gasteiger partial charge < -0.3 is 5.73 Å². The minimum absolute atomic E-state index is 0.160. The number of likely N-dealkylation sites (N-methyl/N-ethyl adjacent to an activating group) is 1. The molecule has 1 saturated heterocycles. The van der Waals surface area contributed by atoms with E-state index in [4.69, 9.17) is 5.73 Å². The second-order valence-electron chi connectivity index (χ2n) is 5.34. The van der Waals surface area contributed by atoms with E-state index in [1.807, 2.05) is 19.2 Å². The molecule has 2 N–H and O–H groups in total. The highest BCUT2D eigenvalue weighted by molar-refractivity contribution is 7.91. The quantitative estimate of drug-likeness (QED) is 0.866. The Morgan fingerprint density at radius 2 is 2.32 bits per heavy atom. The van der Waals surface area contributed by atoms with Gasteiger partial charge in [0.25, 0.3) is 0 Å². The maximum Gasteiger partial charge on any atom is 0.152 e. The van der Waals surface area contributed by atoms with Crippen LogP contribution in [-0.2, 0) is 16.4 Å². The number of hydrogen-bond acceptors (Lipinski definition) is 5. The Morgan fingerprint density at radius 1 is 1.53 bits per heavy atom. The predicted octanol–water partition coefficient (Wildman–Crippen LogP) is 0.419. The van der Waals surface area contributed by atoms with E-state index in [2.05, 4.69) is 9.88 Å². The van der Waals surface area contributed by atoms with Crippen LogP contribution in [-0.4, -0.2) is 48.9 Å². The summed E-state index contributed by atoms with van der Waals surface area (Å²) in [6.45, 7) is 1.03. The fraction of sp³-hybridized carbons (Fsp3) is 0.615. The number of nitrogens with zero attached hydrogens (tertiary/aromatic N) is 2. The SMILES string of the molecule is CN(Cc1cccnc1)C1(CN)CCCS(=O)(=O)C1. The van der Waals surface area contributed by atoms with Gasteiger partial charge in [0.1, 0.15) is 0 Å². The summed E-state index contributed by atoms with van der Waals surface area (Å²) < 4.78 is 23.8. The molecule has 1 aromatic rings. The van der Waals surface area contributed by atoms with Crippen LogP contribution in [0.4, 0.5) is 0 Å². The van der Waals surface area contributed by atoms with Crippen LogP contribution in [0.3, 0.4) is 0 Å². The van der Waals surface area contributed by atoms with Crippen LogP contribution in [0.1, 0.15) is 18.4 Å². The van der Waals surface area contributed by atoms with Crippen molar-refractivity contribution in [2.45, 2.75) is 24.9 Å². The minimum atomic E-state index is -2.98. The summed E-state index contributed by atoms with van der Waals surface area (Å²) in [6.07, 6.45) is 5.06. The molecule has 0 radical (unpaired) electrons. The third-order valence-electron chi connectivity index (χ3n) is 3.92. The lowest BCUT2D eigenvalue weighted by Crippen LogP contribution is -2.58. The molecule has 2 heterocycles. The average Bonchev–Trinajstić information content (AvgIpc) is 2.38. The Kier molecular flexibility index (Phi) is 4.23. The van der Waals surface area contributed by atoms with Gasteiger partial charge in [-0.2, -0.15) is 0 Å². The average molecular weight is 283 g/mol. The number of sulfone groups is 1. The molecule has 5 nitrogen and oxygen atoms in total. The van der Waals surface area contributed by atoms with Gasteiger partial charge in [0.05, 0.1) is 11.5 Å². The molecule has 1 aliphatic heterocycles. The molecule has 1 aliphatic rings. The van der Waals surface area contributed by atoms with Crippen molar-refractivity contribution >= 4 is 9.84 Å². The topological polar surface area (TPSA) is 76.3 Å². The van der Waals surface area contributed by atoms with Gasteiger partial charge in [0, 0.05) is 31.0 Å². The standard InChI is InChI=1S/C13H21N3O2S/c1-16(9-12-4-2-6-15-8-12)13(10-14)5-3-7-19(17,18)11-13/h2,4,6,8H,3,5,7,9-11,14H2,1H3. The first-order valence-electron chi connectivity index (χ1n) is 6.48. The molecule has 1 atom stereocenters. The van der Waals surface area contributed by atoms with Crippen LogP contribution in [0, 0.1) is 0 Å². The van der Waals surface area contributed by atoms with Crippen LogP contribution in [0.15, 0.2) is 24.5 Å². The molecule has 1 fully saturated rings. The zero-order valence-corrected chi connectivity index (χ0v) is 12.1. The molecule has 1 aromatic heterocycles. The number of hydrogen-bond donors (Lipinski definition) is 1. The molecule has 0 bridgehead atoms. The van der Waals surface area contributed by atoms with Crippen molar-refractivity contribution in [1.82, 2.24) is 9.88 Å². The van der Waals surface area contributed by atoms with Crippen LogP contribution in [0.25, 0.3) is 0 Å². The molecule has 19 heavy (non-hydrogen) atoms. The van der Waals surface area contributed by atoms with Gasteiger partial charge in [0.2, 0.25) is 0 Å². The smallest absolute Gasteiger partial charge is 0.152 e. The molecule has 0 saturated carbocycles. The van der Waals surface area contributed by atoms with E-state index in [1.54, 1.807) is 12.4 Å². The van der Waals surface area contributed by atoms with Gasteiger partial charge in [-0.05, 0) is 31.5 Å².